The standard InChI is InChI=1S/C38H69ClO10/c1-2-3-4-5-6-9-12-37-13-15-38(16-14-37)49-36-35-48-34-33-47-32-31-46-30-29-45-28-27-44-26-25-43-24-23-42-22-21-41-20-19-40-18-11-8-7-10-17-39/h13-16H,2-12,17-36H2,1H3. The lowest BCUT2D eigenvalue weighted by atomic mass is 10.0. The molecule has 0 aliphatic rings. The monoisotopic (exact) mass is 720 g/mol. The highest BCUT2D eigenvalue weighted by molar-refractivity contribution is 6.17. The Morgan fingerprint density at radius 3 is 1.14 bits per heavy atom. The Hall–Kier alpha value is -1.05. The van der Waals surface area contributed by atoms with E-state index in [9.17, 15) is 0 Å². The first kappa shape index (κ1) is 46.0. The van der Waals surface area contributed by atoms with Crippen molar-refractivity contribution in [3.63, 3.8) is 0 Å². The first-order valence-electron chi connectivity index (χ1n) is 18.8. The minimum Gasteiger partial charge on any atom is -0.491 e. The van der Waals surface area contributed by atoms with Crippen molar-refractivity contribution in [2.45, 2.75) is 77.6 Å². The van der Waals surface area contributed by atoms with Crippen LogP contribution >= 0.6 is 11.6 Å². The molecule has 0 saturated heterocycles. The van der Waals surface area contributed by atoms with Crippen molar-refractivity contribution in [3.8, 4) is 5.75 Å². The van der Waals surface area contributed by atoms with Crippen LogP contribution in [0.25, 0.3) is 0 Å². The van der Waals surface area contributed by atoms with Crippen molar-refractivity contribution < 1.29 is 47.4 Å². The third-order valence-corrected chi connectivity index (χ3v) is 7.65. The predicted octanol–water partition coefficient (Wildman–Crippen LogP) is 6.92. The number of unbranched alkanes of at least 4 members (excludes halogenated alkanes) is 8. The highest BCUT2D eigenvalue weighted by atomic mass is 35.5. The summed E-state index contributed by atoms with van der Waals surface area (Å²) in [6.45, 7) is 12.8. The molecule has 0 atom stereocenters. The van der Waals surface area contributed by atoms with Crippen LogP contribution in [0.5, 0.6) is 5.75 Å². The molecule has 10 nitrogen and oxygen atoms in total. The number of hydrogen-bond acceptors (Lipinski definition) is 10. The van der Waals surface area contributed by atoms with E-state index < -0.39 is 0 Å². The van der Waals surface area contributed by atoms with Crippen molar-refractivity contribution in [2.75, 3.05) is 131 Å². The second kappa shape index (κ2) is 39.7. The van der Waals surface area contributed by atoms with Crippen LogP contribution in [0.15, 0.2) is 24.3 Å². The van der Waals surface area contributed by atoms with E-state index in [0.717, 1.165) is 37.5 Å². The average Bonchev–Trinajstić information content (AvgIpc) is 3.12. The maximum Gasteiger partial charge on any atom is 0.119 e. The Morgan fingerprint density at radius 1 is 0.367 bits per heavy atom. The minimum atomic E-state index is 0.522. The van der Waals surface area contributed by atoms with Crippen LogP contribution < -0.4 is 4.74 Å². The fraction of sp³-hybridized carbons (Fsp3) is 0.842. The molecule has 0 heterocycles. The molecule has 0 aromatic heterocycles. The molecule has 11 heteroatoms. The van der Waals surface area contributed by atoms with Gasteiger partial charge in [0.05, 0.1) is 112 Å². The molecule has 0 radical (unpaired) electrons. The van der Waals surface area contributed by atoms with Gasteiger partial charge in [0.1, 0.15) is 12.4 Å². The van der Waals surface area contributed by atoms with Crippen molar-refractivity contribution in [1.82, 2.24) is 0 Å². The third kappa shape index (κ3) is 35.1. The van der Waals surface area contributed by atoms with E-state index in [2.05, 4.69) is 31.2 Å². The zero-order valence-corrected chi connectivity index (χ0v) is 31.4. The first-order valence-corrected chi connectivity index (χ1v) is 19.4. The summed E-state index contributed by atoms with van der Waals surface area (Å²) in [7, 11) is 0. The van der Waals surface area contributed by atoms with Gasteiger partial charge in [0, 0.05) is 12.5 Å². The molecular weight excluding hydrogens is 652 g/mol. The molecule has 1 aromatic carbocycles. The van der Waals surface area contributed by atoms with Crippen LogP contribution in [0.2, 0.25) is 0 Å². The maximum absolute atomic E-state index is 5.77. The van der Waals surface area contributed by atoms with Gasteiger partial charge in [0.25, 0.3) is 0 Å². The Balaban J connectivity index is 1.69. The topological polar surface area (TPSA) is 92.3 Å². The number of alkyl halides is 1. The van der Waals surface area contributed by atoms with Gasteiger partial charge >= 0.3 is 0 Å². The molecule has 0 unspecified atom stereocenters. The van der Waals surface area contributed by atoms with Gasteiger partial charge in [-0.25, -0.2) is 0 Å². The Bertz CT molecular complexity index is 759. The van der Waals surface area contributed by atoms with Gasteiger partial charge in [-0.15, -0.1) is 11.6 Å². The molecule has 0 bridgehead atoms. The molecule has 0 aliphatic heterocycles. The number of ether oxygens (including phenoxy) is 10. The highest BCUT2D eigenvalue weighted by Gasteiger charge is 1.99. The van der Waals surface area contributed by atoms with Crippen LogP contribution in [0, 0.1) is 0 Å². The molecule has 0 N–H and O–H groups in total. The first-order chi connectivity index (χ1) is 24.4. The minimum absolute atomic E-state index is 0.522. The zero-order valence-electron chi connectivity index (χ0n) is 30.7. The highest BCUT2D eigenvalue weighted by Crippen LogP contribution is 2.15. The summed E-state index contributed by atoms with van der Waals surface area (Å²) in [4.78, 5) is 0. The number of benzene rings is 1. The quantitative estimate of drug-likeness (QED) is 0.0525. The Kier molecular flexibility index (Phi) is 37.3. The third-order valence-electron chi connectivity index (χ3n) is 7.39. The smallest absolute Gasteiger partial charge is 0.119 e. The van der Waals surface area contributed by atoms with Gasteiger partial charge in [-0.3, -0.25) is 0 Å². The molecule has 0 spiro atoms. The summed E-state index contributed by atoms with van der Waals surface area (Å²) in [5.41, 5.74) is 1.38. The lowest BCUT2D eigenvalue weighted by Crippen LogP contribution is -2.15. The van der Waals surface area contributed by atoms with Crippen molar-refractivity contribution >= 4 is 11.6 Å². The van der Waals surface area contributed by atoms with Gasteiger partial charge < -0.3 is 47.4 Å². The molecule has 0 amide bonds. The molecule has 0 aliphatic carbocycles. The number of halogens is 1. The van der Waals surface area contributed by atoms with Gasteiger partial charge in [0.2, 0.25) is 0 Å². The summed E-state index contributed by atoms with van der Waals surface area (Å²) < 4.78 is 55.5. The average molecular weight is 721 g/mol. The van der Waals surface area contributed by atoms with Gasteiger partial charge in [0.15, 0.2) is 0 Å². The number of aryl methyl sites for hydroxylation is 1. The molecule has 49 heavy (non-hydrogen) atoms. The van der Waals surface area contributed by atoms with E-state index in [0.29, 0.717) is 119 Å². The van der Waals surface area contributed by atoms with Crippen LogP contribution in [0.3, 0.4) is 0 Å². The number of rotatable bonds is 41. The molecule has 1 rings (SSSR count). The van der Waals surface area contributed by atoms with E-state index in [1.807, 2.05) is 0 Å². The van der Waals surface area contributed by atoms with Crippen molar-refractivity contribution in [2.24, 2.45) is 0 Å². The van der Waals surface area contributed by atoms with E-state index >= 15 is 0 Å². The van der Waals surface area contributed by atoms with Gasteiger partial charge in [-0.2, -0.15) is 0 Å². The second-order valence-electron chi connectivity index (χ2n) is 11.6. The summed E-state index contributed by atoms with van der Waals surface area (Å²) in [6.07, 6.45) is 13.6. The Labute approximate surface area is 303 Å². The van der Waals surface area contributed by atoms with Crippen LogP contribution in [0.4, 0.5) is 0 Å². The van der Waals surface area contributed by atoms with Gasteiger partial charge in [-0.1, -0.05) is 64.0 Å². The normalized spacial score (nSPS) is 11.5. The lowest BCUT2D eigenvalue weighted by Gasteiger charge is -2.09. The molecule has 0 fully saturated rings. The maximum atomic E-state index is 5.77. The fourth-order valence-corrected chi connectivity index (χ4v) is 4.78. The molecule has 0 saturated carbocycles. The van der Waals surface area contributed by atoms with E-state index in [1.165, 1.54) is 56.9 Å². The van der Waals surface area contributed by atoms with Gasteiger partial charge in [-0.05, 0) is 43.4 Å². The fourth-order valence-electron chi connectivity index (χ4n) is 4.59. The SMILES string of the molecule is CCCCCCCCc1ccc(OCCOCCOCCOCCOCCOCCOCCOCCOCCOCCCCCCCl)cc1. The largest absolute Gasteiger partial charge is 0.491 e. The summed E-state index contributed by atoms with van der Waals surface area (Å²) in [5, 5.41) is 0. The summed E-state index contributed by atoms with van der Waals surface area (Å²) >= 11 is 5.66. The molecule has 288 valence electrons. The summed E-state index contributed by atoms with van der Waals surface area (Å²) in [6, 6.07) is 8.44. The van der Waals surface area contributed by atoms with Crippen LogP contribution in [-0.2, 0) is 49.1 Å². The zero-order chi connectivity index (χ0) is 35.0. The Morgan fingerprint density at radius 2 is 0.714 bits per heavy atom. The molecule has 1 aromatic rings. The lowest BCUT2D eigenvalue weighted by molar-refractivity contribution is -0.0254. The second-order valence-corrected chi connectivity index (χ2v) is 12.0. The summed E-state index contributed by atoms with van der Waals surface area (Å²) in [5.74, 6) is 1.63. The van der Waals surface area contributed by atoms with E-state index in [4.69, 9.17) is 59.0 Å². The van der Waals surface area contributed by atoms with Crippen molar-refractivity contribution in [1.29, 1.82) is 0 Å². The van der Waals surface area contributed by atoms with Crippen LogP contribution in [0.1, 0.15) is 76.7 Å². The molecular formula is C38H69ClO10. The van der Waals surface area contributed by atoms with Crippen LogP contribution in [-0.4, -0.2) is 131 Å². The van der Waals surface area contributed by atoms with Crippen molar-refractivity contribution in [3.05, 3.63) is 29.8 Å². The number of hydrogen-bond donors (Lipinski definition) is 0. The van der Waals surface area contributed by atoms with E-state index in [-0.39, 0.29) is 0 Å². The van der Waals surface area contributed by atoms with E-state index in [1.54, 1.807) is 0 Å². The predicted molar refractivity (Wildman–Crippen MR) is 196 cm³/mol.